The number of rotatable bonds is 4. The van der Waals surface area contributed by atoms with Gasteiger partial charge in [-0.2, -0.15) is 0 Å². The van der Waals surface area contributed by atoms with Gasteiger partial charge < -0.3 is 4.90 Å². The van der Waals surface area contributed by atoms with Crippen LogP contribution in [0.2, 0.25) is 4.34 Å². The van der Waals surface area contributed by atoms with Crippen LogP contribution in [0.4, 0.5) is 0 Å². The molecule has 0 unspecified atom stereocenters. The van der Waals surface area contributed by atoms with E-state index in [2.05, 4.69) is 4.90 Å². The lowest BCUT2D eigenvalue weighted by atomic mass is 10.1. The Hall–Kier alpha value is -1.69. The minimum absolute atomic E-state index is 0.405. The zero-order chi connectivity index (χ0) is 17.1. The number of carbonyl (C=O) groups is 2. The summed E-state index contributed by atoms with van der Waals surface area (Å²) in [6, 6.07) is 11.1. The molecule has 1 fully saturated rings. The number of benzene rings is 1. The van der Waals surface area contributed by atoms with Crippen LogP contribution in [-0.2, 0) is 11.3 Å². The number of halogens is 1. The quantitative estimate of drug-likeness (QED) is 0.619. The van der Waals surface area contributed by atoms with Crippen LogP contribution in [0.5, 0.6) is 0 Å². The summed E-state index contributed by atoms with van der Waals surface area (Å²) in [6.45, 7) is 5.48. The summed E-state index contributed by atoms with van der Waals surface area (Å²) in [5.74, 6) is -0.828. The minimum Gasteiger partial charge on any atom is -0.333 e. The zero-order valence-electron chi connectivity index (χ0n) is 13.5. The first-order valence-electron chi connectivity index (χ1n) is 7.90. The highest BCUT2D eigenvalue weighted by Gasteiger charge is 2.26. The molecule has 0 saturated carbocycles. The van der Waals surface area contributed by atoms with Crippen LogP contribution >= 0.6 is 22.9 Å². The van der Waals surface area contributed by atoms with Crippen LogP contribution < -0.4 is 0 Å². The maximum atomic E-state index is 12.4. The SMILES string of the molecule is Cc1ccc(C(=O)C(=O)N2CCN(Cc3ccc(Cl)s3)CC2)cc1. The maximum absolute atomic E-state index is 12.4. The van der Waals surface area contributed by atoms with Gasteiger partial charge in [0.25, 0.3) is 5.91 Å². The fraction of sp³-hybridized carbons (Fsp3) is 0.333. The Labute approximate surface area is 150 Å². The first-order chi connectivity index (χ1) is 11.5. The van der Waals surface area contributed by atoms with E-state index in [9.17, 15) is 9.59 Å². The van der Waals surface area contributed by atoms with Crippen molar-refractivity contribution in [3.63, 3.8) is 0 Å². The molecule has 1 aromatic heterocycles. The number of amides is 1. The smallest absolute Gasteiger partial charge is 0.295 e. The van der Waals surface area contributed by atoms with Crippen LogP contribution in [0.1, 0.15) is 20.8 Å². The molecule has 0 atom stereocenters. The molecule has 1 saturated heterocycles. The third-order valence-corrected chi connectivity index (χ3v) is 5.39. The van der Waals surface area contributed by atoms with Crippen molar-refractivity contribution in [1.29, 1.82) is 0 Å². The monoisotopic (exact) mass is 362 g/mol. The lowest BCUT2D eigenvalue weighted by Crippen LogP contribution is -2.50. The van der Waals surface area contributed by atoms with E-state index >= 15 is 0 Å². The average Bonchev–Trinajstić information content (AvgIpc) is 3.00. The first-order valence-corrected chi connectivity index (χ1v) is 9.09. The standard InChI is InChI=1S/C18H19ClN2O2S/c1-13-2-4-14(5-3-13)17(22)18(23)21-10-8-20(9-11-21)12-15-6-7-16(19)24-15/h2-7H,8-12H2,1H3. The predicted molar refractivity (Wildman–Crippen MR) is 96.7 cm³/mol. The van der Waals surface area contributed by atoms with Gasteiger partial charge in [0.2, 0.25) is 5.78 Å². The Kier molecular flexibility index (Phi) is 5.33. The number of Topliss-reactive ketones (excluding diaryl/α,β-unsaturated/α-hetero) is 1. The van der Waals surface area contributed by atoms with Gasteiger partial charge in [-0.25, -0.2) is 0 Å². The molecule has 1 aliphatic heterocycles. The molecule has 1 aliphatic rings. The Morgan fingerprint density at radius 3 is 2.29 bits per heavy atom. The van der Waals surface area contributed by atoms with Crippen LogP contribution in [-0.4, -0.2) is 47.7 Å². The summed E-state index contributed by atoms with van der Waals surface area (Å²) in [6.07, 6.45) is 0. The highest BCUT2D eigenvalue weighted by Crippen LogP contribution is 2.23. The van der Waals surface area contributed by atoms with Gasteiger partial charge >= 0.3 is 0 Å². The molecule has 3 rings (SSSR count). The average molecular weight is 363 g/mol. The molecular formula is C18H19ClN2O2S. The summed E-state index contributed by atoms with van der Waals surface area (Å²) in [4.78, 5) is 29.9. The maximum Gasteiger partial charge on any atom is 0.295 e. The highest BCUT2D eigenvalue weighted by atomic mass is 35.5. The van der Waals surface area contributed by atoms with Crippen molar-refractivity contribution < 1.29 is 9.59 Å². The Morgan fingerprint density at radius 1 is 1.04 bits per heavy atom. The van der Waals surface area contributed by atoms with Crippen molar-refractivity contribution in [2.75, 3.05) is 26.2 Å². The van der Waals surface area contributed by atoms with Crippen molar-refractivity contribution in [2.24, 2.45) is 0 Å². The number of hydrogen-bond donors (Lipinski definition) is 0. The van der Waals surface area contributed by atoms with E-state index in [0.717, 1.165) is 29.5 Å². The third kappa shape index (κ3) is 4.04. The van der Waals surface area contributed by atoms with Crippen LogP contribution in [0.3, 0.4) is 0 Å². The number of carbonyl (C=O) groups excluding carboxylic acids is 2. The molecule has 2 aromatic rings. The molecule has 4 nitrogen and oxygen atoms in total. The van der Waals surface area contributed by atoms with E-state index in [0.29, 0.717) is 18.7 Å². The highest BCUT2D eigenvalue weighted by molar-refractivity contribution is 7.16. The summed E-state index contributed by atoms with van der Waals surface area (Å²) in [7, 11) is 0. The Bertz CT molecular complexity index is 734. The lowest BCUT2D eigenvalue weighted by Gasteiger charge is -2.34. The van der Waals surface area contributed by atoms with Gasteiger partial charge in [-0.1, -0.05) is 41.4 Å². The molecule has 0 radical (unpaired) electrons. The Balaban J connectivity index is 1.54. The molecular weight excluding hydrogens is 344 g/mol. The molecule has 6 heteroatoms. The fourth-order valence-electron chi connectivity index (χ4n) is 2.74. The van der Waals surface area contributed by atoms with Crippen LogP contribution in [0, 0.1) is 6.92 Å². The molecule has 1 aromatic carbocycles. The van der Waals surface area contributed by atoms with E-state index in [1.165, 1.54) is 4.88 Å². The normalized spacial score (nSPS) is 15.5. The third-order valence-electron chi connectivity index (χ3n) is 4.18. The summed E-state index contributed by atoms with van der Waals surface area (Å²) in [5.41, 5.74) is 1.53. The molecule has 24 heavy (non-hydrogen) atoms. The second-order valence-corrected chi connectivity index (χ2v) is 7.77. The lowest BCUT2D eigenvalue weighted by molar-refractivity contribution is -0.128. The van der Waals surface area contributed by atoms with E-state index < -0.39 is 11.7 Å². The van der Waals surface area contributed by atoms with E-state index in [4.69, 9.17) is 11.6 Å². The van der Waals surface area contributed by atoms with Crippen molar-refractivity contribution in [3.05, 3.63) is 56.7 Å². The molecule has 1 amide bonds. The minimum atomic E-state index is -0.423. The molecule has 2 heterocycles. The first kappa shape index (κ1) is 17.1. The van der Waals surface area contributed by atoms with E-state index in [1.54, 1.807) is 28.4 Å². The predicted octanol–water partition coefficient (Wildman–Crippen LogP) is 3.24. The second-order valence-electron chi connectivity index (χ2n) is 5.97. The number of piperazine rings is 1. The van der Waals surface area contributed by atoms with Gasteiger partial charge in [0.1, 0.15) is 0 Å². The van der Waals surface area contributed by atoms with Crippen molar-refractivity contribution >= 4 is 34.6 Å². The fourth-order valence-corrected chi connectivity index (χ4v) is 3.87. The number of aryl methyl sites for hydroxylation is 1. The van der Waals surface area contributed by atoms with Crippen molar-refractivity contribution in [3.8, 4) is 0 Å². The second kappa shape index (κ2) is 7.47. The number of ketones is 1. The summed E-state index contributed by atoms with van der Waals surface area (Å²) < 4.78 is 0.794. The van der Waals surface area contributed by atoms with E-state index in [1.807, 2.05) is 31.2 Å². The zero-order valence-corrected chi connectivity index (χ0v) is 15.1. The van der Waals surface area contributed by atoms with Crippen molar-refractivity contribution in [1.82, 2.24) is 9.80 Å². The largest absolute Gasteiger partial charge is 0.333 e. The summed E-state index contributed by atoms with van der Waals surface area (Å²) >= 11 is 7.54. The topological polar surface area (TPSA) is 40.6 Å². The van der Waals surface area contributed by atoms with Crippen molar-refractivity contribution in [2.45, 2.75) is 13.5 Å². The summed E-state index contributed by atoms with van der Waals surface area (Å²) in [5, 5.41) is 0. The number of hydrogen-bond acceptors (Lipinski definition) is 4. The Morgan fingerprint density at radius 2 is 1.71 bits per heavy atom. The van der Waals surface area contributed by atoms with Crippen LogP contribution in [0.15, 0.2) is 36.4 Å². The molecule has 0 N–H and O–H groups in total. The van der Waals surface area contributed by atoms with Gasteiger partial charge in [-0.3, -0.25) is 14.5 Å². The van der Waals surface area contributed by atoms with Gasteiger partial charge in [-0.15, -0.1) is 11.3 Å². The number of nitrogens with zero attached hydrogens (tertiary/aromatic N) is 2. The van der Waals surface area contributed by atoms with Crippen LogP contribution in [0.25, 0.3) is 0 Å². The molecule has 126 valence electrons. The molecule has 0 spiro atoms. The molecule has 0 bridgehead atoms. The molecule has 0 aliphatic carbocycles. The van der Waals surface area contributed by atoms with Gasteiger partial charge in [0.05, 0.1) is 4.34 Å². The number of thiophene rings is 1. The van der Waals surface area contributed by atoms with E-state index in [-0.39, 0.29) is 0 Å². The van der Waals surface area contributed by atoms with Gasteiger partial charge in [0, 0.05) is 43.2 Å². The van der Waals surface area contributed by atoms with Gasteiger partial charge in [0.15, 0.2) is 0 Å². The van der Waals surface area contributed by atoms with Gasteiger partial charge in [-0.05, 0) is 19.1 Å².